The fraction of sp³-hybridized carbons (Fsp3) is 0.667. The Bertz CT molecular complexity index is 295. The summed E-state index contributed by atoms with van der Waals surface area (Å²) in [7, 11) is 1.69. The third-order valence-corrected chi connectivity index (χ3v) is 2.32. The van der Waals surface area contributed by atoms with Gasteiger partial charge in [-0.05, 0) is 25.9 Å². The molecule has 0 unspecified atom stereocenters. The van der Waals surface area contributed by atoms with Crippen LogP contribution in [0.25, 0.3) is 0 Å². The van der Waals surface area contributed by atoms with Gasteiger partial charge in [0.15, 0.2) is 0 Å². The second-order valence-electron chi connectivity index (χ2n) is 3.45. The summed E-state index contributed by atoms with van der Waals surface area (Å²) in [5.74, 6) is 0.424. The van der Waals surface area contributed by atoms with Crippen molar-refractivity contribution < 1.29 is 0 Å². The third kappa shape index (κ3) is 6.59. The molecule has 1 heterocycles. The summed E-state index contributed by atoms with van der Waals surface area (Å²) in [6.45, 7) is 5.98. The molecule has 5 heteroatoms. The minimum Gasteiger partial charge on any atom is -0.384 e. The number of hydrogen-bond acceptors (Lipinski definition) is 4. The molecule has 0 bridgehead atoms. The van der Waals surface area contributed by atoms with Crippen LogP contribution in [-0.2, 0) is 0 Å². The van der Waals surface area contributed by atoms with E-state index < -0.39 is 0 Å². The topological polar surface area (TPSA) is 86.2 Å². The molecule has 0 atom stereocenters. The average molecular weight is 237 g/mol. The van der Waals surface area contributed by atoms with Crippen LogP contribution in [-0.4, -0.2) is 32.0 Å². The number of rotatable bonds is 3. The molecule has 0 aromatic heterocycles. The van der Waals surface area contributed by atoms with E-state index in [-0.39, 0.29) is 0 Å². The van der Waals surface area contributed by atoms with Gasteiger partial charge in [0.05, 0.1) is 6.04 Å². The fourth-order valence-corrected chi connectivity index (χ4v) is 1.49. The van der Waals surface area contributed by atoms with E-state index in [2.05, 4.69) is 15.6 Å². The van der Waals surface area contributed by atoms with E-state index in [1.54, 1.807) is 13.1 Å². The smallest absolute Gasteiger partial charge is 0.121 e. The van der Waals surface area contributed by atoms with E-state index in [4.69, 9.17) is 11.0 Å². The summed E-state index contributed by atoms with van der Waals surface area (Å²) >= 11 is 0. The third-order valence-electron chi connectivity index (χ3n) is 2.32. The Morgan fingerprint density at radius 1 is 1.47 bits per heavy atom. The lowest BCUT2D eigenvalue weighted by Gasteiger charge is -2.19. The maximum absolute atomic E-state index is 8.68. The zero-order valence-corrected chi connectivity index (χ0v) is 11.0. The molecular weight excluding hydrogens is 214 g/mol. The molecule has 0 radical (unpaired) electrons. The molecule has 17 heavy (non-hydrogen) atoms. The summed E-state index contributed by atoms with van der Waals surface area (Å²) in [6.07, 6.45) is 3.59. The zero-order valence-electron chi connectivity index (χ0n) is 11.0. The minimum absolute atomic E-state index is 0.291. The highest BCUT2D eigenvalue weighted by Gasteiger charge is 2.11. The largest absolute Gasteiger partial charge is 0.384 e. The molecular formula is C12H23N5. The van der Waals surface area contributed by atoms with Crippen molar-refractivity contribution in [1.29, 1.82) is 5.26 Å². The van der Waals surface area contributed by atoms with E-state index in [9.17, 15) is 0 Å². The lowest BCUT2D eigenvalue weighted by Crippen LogP contribution is -2.31. The van der Waals surface area contributed by atoms with Crippen LogP contribution in [0.15, 0.2) is 16.8 Å². The monoisotopic (exact) mass is 237 g/mol. The van der Waals surface area contributed by atoms with Crippen LogP contribution in [0.3, 0.4) is 0 Å². The number of nitrogens with zero attached hydrogens (tertiary/aromatic N) is 2. The number of hydrogen-bond donors (Lipinski definition) is 3. The number of nitrogens with one attached hydrogen (secondary N) is 2. The predicted molar refractivity (Wildman–Crippen MR) is 71.6 cm³/mol. The summed E-state index contributed by atoms with van der Waals surface area (Å²) in [5, 5.41) is 14.7. The maximum atomic E-state index is 8.68. The average Bonchev–Trinajstić information content (AvgIpc) is 2.39. The van der Waals surface area contributed by atoms with Gasteiger partial charge in [-0.1, -0.05) is 13.8 Å². The number of nitriles is 1. The van der Waals surface area contributed by atoms with Crippen molar-refractivity contribution in [2.45, 2.75) is 32.7 Å². The fourth-order valence-electron chi connectivity index (χ4n) is 1.49. The summed E-state index contributed by atoms with van der Waals surface area (Å²) in [6, 6.07) is 2.29. The van der Waals surface area contributed by atoms with Crippen molar-refractivity contribution >= 4 is 5.84 Å². The SMILES string of the molecule is CC.CN/C(C#N)=C\C(N)=NC1CCNCC1. The molecule has 0 aromatic rings. The van der Waals surface area contributed by atoms with Crippen molar-refractivity contribution in [3.05, 3.63) is 11.8 Å². The second kappa shape index (κ2) is 9.67. The molecule has 0 aliphatic carbocycles. The van der Waals surface area contributed by atoms with Gasteiger partial charge in [-0.25, -0.2) is 0 Å². The first-order chi connectivity index (χ1) is 8.26. The molecule has 0 aromatic carbocycles. The van der Waals surface area contributed by atoms with Crippen LogP contribution in [0.1, 0.15) is 26.7 Å². The molecule has 1 aliphatic rings. The van der Waals surface area contributed by atoms with Gasteiger partial charge in [-0.2, -0.15) is 5.26 Å². The Morgan fingerprint density at radius 2 is 2.06 bits per heavy atom. The molecule has 0 spiro atoms. The van der Waals surface area contributed by atoms with Crippen LogP contribution < -0.4 is 16.4 Å². The van der Waals surface area contributed by atoms with Gasteiger partial charge in [-0.15, -0.1) is 0 Å². The second-order valence-corrected chi connectivity index (χ2v) is 3.45. The summed E-state index contributed by atoms with van der Waals surface area (Å²) in [5.41, 5.74) is 6.15. The first-order valence-electron chi connectivity index (χ1n) is 6.10. The van der Waals surface area contributed by atoms with Gasteiger partial charge >= 0.3 is 0 Å². The molecule has 0 saturated carbocycles. The molecule has 1 rings (SSSR count). The summed E-state index contributed by atoms with van der Waals surface area (Å²) < 4.78 is 0. The molecule has 1 saturated heterocycles. The van der Waals surface area contributed by atoms with Crippen molar-refractivity contribution in [3.8, 4) is 6.07 Å². The number of amidine groups is 1. The van der Waals surface area contributed by atoms with Crippen molar-refractivity contribution in [1.82, 2.24) is 10.6 Å². The molecule has 0 amide bonds. The van der Waals surface area contributed by atoms with Crippen LogP contribution in [0.5, 0.6) is 0 Å². The highest BCUT2D eigenvalue weighted by atomic mass is 14.9. The molecule has 4 N–H and O–H groups in total. The minimum atomic E-state index is 0.291. The van der Waals surface area contributed by atoms with Gasteiger partial charge in [0.2, 0.25) is 0 Å². The highest BCUT2D eigenvalue weighted by molar-refractivity contribution is 5.92. The number of nitrogens with two attached hydrogens (primary N) is 1. The Kier molecular flexibility index (Phi) is 8.79. The van der Waals surface area contributed by atoms with Crippen LogP contribution in [0.2, 0.25) is 0 Å². The number of piperidine rings is 1. The lowest BCUT2D eigenvalue weighted by atomic mass is 10.1. The van der Waals surface area contributed by atoms with Gasteiger partial charge < -0.3 is 16.4 Å². The van der Waals surface area contributed by atoms with Gasteiger partial charge in [-0.3, -0.25) is 4.99 Å². The van der Waals surface area contributed by atoms with Crippen molar-refractivity contribution in [3.63, 3.8) is 0 Å². The lowest BCUT2D eigenvalue weighted by molar-refractivity contribution is 0.460. The van der Waals surface area contributed by atoms with Crippen LogP contribution in [0.4, 0.5) is 0 Å². The molecule has 1 fully saturated rings. The van der Waals surface area contributed by atoms with E-state index in [1.165, 1.54) is 0 Å². The Labute approximate surface area is 104 Å². The van der Waals surface area contributed by atoms with Crippen LogP contribution in [0, 0.1) is 11.3 Å². The van der Waals surface area contributed by atoms with Crippen molar-refractivity contribution in [2.24, 2.45) is 10.7 Å². The Morgan fingerprint density at radius 3 is 2.53 bits per heavy atom. The van der Waals surface area contributed by atoms with Crippen molar-refractivity contribution in [2.75, 3.05) is 20.1 Å². The molecule has 1 aliphatic heterocycles. The quantitative estimate of drug-likeness (QED) is 0.384. The van der Waals surface area contributed by atoms with Crippen LogP contribution >= 0.6 is 0 Å². The maximum Gasteiger partial charge on any atom is 0.121 e. The highest BCUT2D eigenvalue weighted by Crippen LogP contribution is 2.06. The van der Waals surface area contributed by atoms with Gasteiger partial charge in [0.1, 0.15) is 17.6 Å². The van der Waals surface area contributed by atoms with Gasteiger partial charge in [0.25, 0.3) is 0 Å². The Balaban J connectivity index is 0.00000121. The standard InChI is InChI=1S/C10H17N5.C2H6/c1-13-9(7-11)6-10(12)15-8-2-4-14-5-3-8;1-2/h6,8,13-14H,2-5H2,1H3,(H2,12,15);1-2H3/b9-6-;. The van der Waals surface area contributed by atoms with Gasteiger partial charge in [0, 0.05) is 13.1 Å². The Hall–Kier alpha value is -1.54. The first-order valence-corrected chi connectivity index (χ1v) is 6.10. The predicted octanol–water partition coefficient (Wildman–Crippen LogP) is 0.749. The molecule has 96 valence electrons. The van der Waals surface area contributed by atoms with E-state index in [0.29, 0.717) is 17.6 Å². The zero-order chi connectivity index (χ0) is 13.1. The van der Waals surface area contributed by atoms with E-state index in [1.807, 2.05) is 19.9 Å². The number of aliphatic imine (C=N–C) groups is 1. The number of allylic oxidation sites excluding steroid dienone is 1. The van der Waals surface area contributed by atoms with E-state index in [0.717, 1.165) is 25.9 Å². The van der Waals surface area contributed by atoms with E-state index >= 15 is 0 Å². The summed E-state index contributed by atoms with van der Waals surface area (Å²) in [4.78, 5) is 4.36. The normalized spacial score (nSPS) is 17.8. The molecule has 5 nitrogen and oxygen atoms in total. The first kappa shape index (κ1) is 15.5.